The molecule has 0 atom stereocenters. The third kappa shape index (κ3) is 1.53. The Labute approximate surface area is 93.7 Å². The van der Waals surface area contributed by atoms with Gasteiger partial charge in [0.1, 0.15) is 0 Å². The SMILES string of the molecule is NCC1(c2ccc(O)c(O)c2F)CCCC1. The Morgan fingerprint density at radius 2 is 1.88 bits per heavy atom. The molecule has 1 fully saturated rings. The maximum Gasteiger partial charge on any atom is 0.194 e. The lowest BCUT2D eigenvalue weighted by Gasteiger charge is -2.28. The van der Waals surface area contributed by atoms with Crippen LogP contribution in [0.5, 0.6) is 11.5 Å². The molecule has 0 saturated heterocycles. The molecule has 4 heteroatoms. The highest BCUT2D eigenvalue weighted by atomic mass is 19.1. The van der Waals surface area contributed by atoms with Gasteiger partial charge in [-0.1, -0.05) is 18.9 Å². The van der Waals surface area contributed by atoms with Crippen molar-refractivity contribution in [3.8, 4) is 11.5 Å². The molecule has 0 spiro atoms. The zero-order valence-electron chi connectivity index (χ0n) is 9.04. The average molecular weight is 225 g/mol. The predicted octanol–water partition coefficient (Wildman–Crippen LogP) is 2.01. The lowest BCUT2D eigenvalue weighted by atomic mass is 9.78. The van der Waals surface area contributed by atoms with Gasteiger partial charge in [-0.2, -0.15) is 0 Å². The molecule has 4 N–H and O–H groups in total. The molecule has 0 bridgehead atoms. The standard InChI is InChI=1S/C12H16FNO2/c13-10-8(3-4-9(15)11(10)16)12(7-14)5-1-2-6-12/h3-4,15-16H,1-2,5-7,14H2. The number of phenolic OH excluding ortho intramolecular Hbond substituents is 2. The first-order valence-electron chi connectivity index (χ1n) is 5.52. The number of rotatable bonds is 2. The first-order valence-corrected chi connectivity index (χ1v) is 5.52. The second-order valence-electron chi connectivity index (χ2n) is 4.49. The molecule has 1 aliphatic rings. The van der Waals surface area contributed by atoms with Gasteiger partial charge >= 0.3 is 0 Å². The van der Waals surface area contributed by atoms with Crippen molar-refractivity contribution in [3.05, 3.63) is 23.5 Å². The molecule has 0 heterocycles. The molecule has 1 saturated carbocycles. The summed E-state index contributed by atoms with van der Waals surface area (Å²) < 4.78 is 13.9. The normalized spacial score (nSPS) is 18.9. The molecule has 88 valence electrons. The van der Waals surface area contributed by atoms with Crippen LogP contribution in [0.25, 0.3) is 0 Å². The Balaban J connectivity index is 2.51. The van der Waals surface area contributed by atoms with Crippen molar-refractivity contribution in [1.82, 2.24) is 0 Å². The molecular formula is C12H16FNO2. The molecule has 1 aromatic rings. The van der Waals surface area contributed by atoms with E-state index in [1.54, 1.807) is 0 Å². The van der Waals surface area contributed by atoms with Gasteiger partial charge in [0.15, 0.2) is 17.3 Å². The smallest absolute Gasteiger partial charge is 0.194 e. The Hall–Kier alpha value is -1.29. The van der Waals surface area contributed by atoms with Crippen molar-refractivity contribution in [2.75, 3.05) is 6.54 Å². The molecule has 3 nitrogen and oxygen atoms in total. The second kappa shape index (κ2) is 3.94. The number of hydrogen-bond acceptors (Lipinski definition) is 3. The number of benzene rings is 1. The summed E-state index contributed by atoms with van der Waals surface area (Å²) in [5, 5.41) is 18.6. The minimum absolute atomic E-state index is 0.366. The lowest BCUT2D eigenvalue weighted by molar-refractivity contribution is 0.361. The van der Waals surface area contributed by atoms with E-state index in [1.807, 2.05) is 0 Å². The highest BCUT2D eigenvalue weighted by Crippen LogP contribution is 2.44. The summed E-state index contributed by atoms with van der Waals surface area (Å²) >= 11 is 0. The highest BCUT2D eigenvalue weighted by molar-refractivity contribution is 5.45. The fraction of sp³-hybridized carbons (Fsp3) is 0.500. The summed E-state index contributed by atoms with van der Waals surface area (Å²) in [5.41, 5.74) is 5.81. The Morgan fingerprint density at radius 3 is 2.44 bits per heavy atom. The van der Waals surface area contributed by atoms with E-state index >= 15 is 0 Å². The maximum absolute atomic E-state index is 13.9. The summed E-state index contributed by atoms with van der Waals surface area (Å²) in [6.45, 7) is 0.369. The number of halogens is 1. The van der Waals surface area contributed by atoms with Crippen molar-refractivity contribution in [2.45, 2.75) is 31.1 Å². The monoisotopic (exact) mass is 225 g/mol. The predicted molar refractivity (Wildman–Crippen MR) is 58.9 cm³/mol. The van der Waals surface area contributed by atoms with Crippen LogP contribution in [-0.2, 0) is 5.41 Å². The van der Waals surface area contributed by atoms with E-state index in [2.05, 4.69) is 0 Å². The minimum Gasteiger partial charge on any atom is -0.504 e. The molecule has 0 amide bonds. The van der Waals surface area contributed by atoms with Crippen molar-refractivity contribution in [3.63, 3.8) is 0 Å². The Bertz CT molecular complexity index is 400. The molecule has 1 aromatic carbocycles. The van der Waals surface area contributed by atoms with Crippen molar-refractivity contribution in [2.24, 2.45) is 5.73 Å². The molecule has 0 aromatic heterocycles. The molecule has 0 aliphatic heterocycles. The van der Waals surface area contributed by atoms with Gasteiger partial charge in [-0.25, -0.2) is 4.39 Å². The van der Waals surface area contributed by atoms with Crippen LogP contribution in [0.15, 0.2) is 12.1 Å². The van der Waals surface area contributed by atoms with Crippen LogP contribution in [0.2, 0.25) is 0 Å². The first kappa shape index (κ1) is 11.2. The van der Waals surface area contributed by atoms with E-state index in [-0.39, 0.29) is 5.41 Å². The zero-order chi connectivity index (χ0) is 11.8. The highest BCUT2D eigenvalue weighted by Gasteiger charge is 2.37. The van der Waals surface area contributed by atoms with Crippen LogP contribution < -0.4 is 5.73 Å². The van der Waals surface area contributed by atoms with Gasteiger partial charge in [-0.3, -0.25) is 0 Å². The van der Waals surface area contributed by atoms with Crippen LogP contribution in [0.1, 0.15) is 31.2 Å². The van der Waals surface area contributed by atoms with Gasteiger partial charge in [-0.15, -0.1) is 0 Å². The van der Waals surface area contributed by atoms with Gasteiger partial charge in [0, 0.05) is 12.0 Å². The van der Waals surface area contributed by atoms with Crippen molar-refractivity contribution >= 4 is 0 Å². The lowest BCUT2D eigenvalue weighted by Crippen LogP contribution is -2.33. The third-order valence-corrected chi connectivity index (χ3v) is 3.62. The van der Waals surface area contributed by atoms with Gasteiger partial charge in [0.2, 0.25) is 0 Å². The van der Waals surface area contributed by atoms with Gasteiger partial charge < -0.3 is 15.9 Å². The minimum atomic E-state index is -0.729. The quantitative estimate of drug-likeness (QED) is 0.674. The second-order valence-corrected chi connectivity index (χ2v) is 4.49. The van der Waals surface area contributed by atoms with Crippen LogP contribution in [0.4, 0.5) is 4.39 Å². The molecule has 16 heavy (non-hydrogen) atoms. The van der Waals surface area contributed by atoms with Gasteiger partial charge in [0.25, 0.3) is 0 Å². The number of hydrogen-bond donors (Lipinski definition) is 3. The third-order valence-electron chi connectivity index (χ3n) is 3.62. The summed E-state index contributed by atoms with van der Waals surface area (Å²) in [6.07, 6.45) is 3.73. The molecule has 1 aliphatic carbocycles. The summed E-state index contributed by atoms with van der Waals surface area (Å²) in [7, 11) is 0. The molecule has 2 rings (SSSR count). The van der Waals surface area contributed by atoms with Crippen LogP contribution in [0, 0.1) is 5.82 Å². The summed E-state index contributed by atoms with van der Waals surface area (Å²) in [5.74, 6) is -1.82. The first-order chi connectivity index (χ1) is 7.60. The van der Waals surface area contributed by atoms with Crippen LogP contribution in [0.3, 0.4) is 0 Å². The topological polar surface area (TPSA) is 66.5 Å². The molecular weight excluding hydrogens is 209 g/mol. The number of phenols is 2. The maximum atomic E-state index is 13.9. The van der Waals surface area contributed by atoms with Gasteiger partial charge in [0.05, 0.1) is 0 Å². The van der Waals surface area contributed by atoms with E-state index in [9.17, 15) is 14.6 Å². The van der Waals surface area contributed by atoms with Crippen molar-refractivity contribution in [1.29, 1.82) is 0 Å². The fourth-order valence-electron chi connectivity index (χ4n) is 2.60. The van der Waals surface area contributed by atoms with E-state index < -0.39 is 17.3 Å². The van der Waals surface area contributed by atoms with Crippen LogP contribution in [-0.4, -0.2) is 16.8 Å². The summed E-state index contributed by atoms with van der Waals surface area (Å²) in [4.78, 5) is 0. The molecule has 0 unspecified atom stereocenters. The zero-order valence-corrected chi connectivity index (χ0v) is 9.04. The van der Waals surface area contributed by atoms with E-state index in [0.29, 0.717) is 12.1 Å². The van der Waals surface area contributed by atoms with E-state index in [4.69, 9.17) is 5.73 Å². The molecule has 0 radical (unpaired) electrons. The van der Waals surface area contributed by atoms with Gasteiger partial charge in [-0.05, 0) is 24.5 Å². The van der Waals surface area contributed by atoms with Crippen molar-refractivity contribution < 1.29 is 14.6 Å². The average Bonchev–Trinajstić information content (AvgIpc) is 2.76. The fourth-order valence-corrected chi connectivity index (χ4v) is 2.60. The largest absolute Gasteiger partial charge is 0.504 e. The van der Waals surface area contributed by atoms with E-state index in [0.717, 1.165) is 25.7 Å². The Kier molecular flexibility index (Phi) is 2.76. The summed E-state index contributed by atoms with van der Waals surface area (Å²) in [6, 6.07) is 2.85. The Morgan fingerprint density at radius 1 is 1.25 bits per heavy atom. The van der Waals surface area contributed by atoms with Crippen LogP contribution >= 0.6 is 0 Å². The number of aromatic hydroxyl groups is 2. The number of nitrogens with two attached hydrogens (primary N) is 1. The van der Waals surface area contributed by atoms with E-state index in [1.165, 1.54) is 12.1 Å².